The van der Waals surface area contributed by atoms with Gasteiger partial charge >= 0.3 is 5.97 Å². The summed E-state index contributed by atoms with van der Waals surface area (Å²) in [5, 5.41) is 59.9. The second-order valence-electron chi connectivity index (χ2n) is 7.93. The van der Waals surface area contributed by atoms with Crippen LogP contribution in [0.15, 0.2) is 45.6 Å². The Balaban J connectivity index is 1.70. The molecule has 0 amide bonds. The number of phenols is 3. The summed E-state index contributed by atoms with van der Waals surface area (Å²) in [5.74, 6) is -2.07. The molecule has 0 spiro atoms. The molecule has 1 aliphatic heterocycles. The number of esters is 1. The van der Waals surface area contributed by atoms with Crippen LogP contribution in [0.4, 0.5) is 0 Å². The predicted octanol–water partition coefficient (Wildman–Crippen LogP) is 0.326. The van der Waals surface area contributed by atoms with Gasteiger partial charge in [-0.2, -0.15) is 0 Å². The molecule has 2 aromatic carbocycles. The zero-order valence-electron chi connectivity index (χ0n) is 18.2. The summed E-state index contributed by atoms with van der Waals surface area (Å²) in [6.07, 6.45) is -7.96. The molecule has 1 aromatic heterocycles. The number of ether oxygens (including phenoxy) is 3. The average molecular weight is 490 g/mol. The summed E-state index contributed by atoms with van der Waals surface area (Å²) < 4.78 is 21.6. The summed E-state index contributed by atoms with van der Waals surface area (Å²) in [5.41, 5.74) is -0.467. The van der Waals surface area contributed by atoms with Crippen LogP contribution in [0.25, 0.3) is 22.3 Å². The maximum absolute atomic E-state index is 13.0. The molecular weight excluding hydrogens is 468 g/mol. The van der Waals surface area contributed by atoms with E-state index in [9.17, 15) is 40.2 Å². The molecule has 0 unspecified atom stereocenters. The first-order valence-electron chi connectivity index (χ1n) is 10.4. The van der Waals surface area contributed by atoms with Gasteiger partial charge in [0, 0.05) is 30.7 Å². The zero-order valence-corrected chi connectivity index (χ0v) is 18.2. The number of carbonyl (C=O) groups excluding carboxylic acids is 1. The Kier molecular flexibility index (Phi) is 6.54. The first-order chi connectivity index (χ1) is 16.5. The minimum absolute atomic E-state index is 0.0169. The minimum Gasteiger partial charge on any atom is -0.508 e. The number of rotatable bonds is 5. The Hall–Kier alpha value is -3.84. The van der Waals surface area contributed by atoms with Gasteiger partial charge in [0.2, 0.25) is 6.29 Å². The van der Waals surface area contributed by atoms with Gasteiger partial charge < -0.3 is 49.3 Å². The van der Waals surface area contributed by atoms with Crippen LogP contribution in [0.3, 0.4) is 0 Å². The van der Waals surface area contributed by atoms with Gasteiger partial charge in [-0.3, -0.25) is 9.59 Å². The van der Waals surface area contributed by atoms with Gasteiger partial charge in [-0.1, -0.05) is 0 Å². The van der Waals surface area contributed by atoms with E-state index in [4.69, 9.17) is 18.6 Å². The van der Waals surface area contributed by atoms with Crippen molar-refractivity contribution in [2.75, 3.05) is 6.61 Å². The predicted molar refractivity (Wildman–Crippen MR) is 117 cm³/mol. The van der Waals surface area contributed by atoms with Crippen LogP contribution in [0, 0.1) is 0 Å². The highest BCUT2D eigenvalue weighted by Gasteiger charge is 2.45. The Morgan fingerprint density at radius 1 is 0.971 bits per heavy atom. The van der Waals surface area contributed by atoms with Crippen LogP contribution in [0.5, 0.6) is 23.0 Å². The Bertz CT molecular complexity index is 1320. The first-order valence-corrected chi connectivity index (χ1v) is 10.4. The summed E-state index contributed by atoms with van der Waals surface area (Å²) in [6.45, 7) is 0.701. The van der Waals surface area contributed by atoms with Crippen LogP contribution in [0.2, 0.25) is 0 Å². The van der Waals surface area contributed by atoms with E-state index >= 15 is 0 Å². The van der Waals surface area contributed by atoms with Gasteiger partial charge in [-0.05, 0) is 18.2 Å². The molecule has 0 bridgehead atoms. The van der Waals surface area contributed by atoms with Crippen molar-refractivity contribution in [1.82, 2.24) is 0 Å². The highest BCUT2D eigenvalue weighted by atomic mass is 16.7. The van der Waals surface area contributed by atoms with Crippen molar-refractivity contribution < 1.29 is 54.1 Å². The normalized spacial score (nSPS) is 24.3. The lowest BCUT2D eigenvalue weighted by Crippen LogP contribution is -2.60. The van der Waals surface area contributed by atoms with E-state index in [2.05, 4.69) is 0 Å². The number of aromatic hydroxyl groups is 3. The topological polar surface area (TPSA) is 196 Å². The summed E-state index contributed by atoms with van der Waals surface area (Å²) in [7, 11) is 0. The number of hydrogen-bond donors (Lipinski definition) is 6. The number of aliphatic hydroxyl groups is 3. The van der Waals surface area contributed by atoms with Gasteiger partial charge in [-0.15, -0.1) is 0 Å². The van der Waals surface area contributed by atoms with Crippen LogP contribution < -0.4 is 10.2 Å². The molecule has 12 nitrogen and oxygen atoms in total. The fourth-order valence-corrected chi connectivity index (χ4v) is 3.63. The molecule has 4 rings (SSSR count). The van der Waals surface area contributed by atoms with Crippen molar-refractivity contribution in [3.8, 4) is 34.3 Å². The molecule has 0 radical (unpaired) electrons. The Morgan fingerprint density at radius 2 is 1.71 bits per heavy atom. The fourth-order valence-electron chi connectivity index (χ4n) is 3.63. The molecule has 5 atom stereocenters. The molecule has 12 heteroatoms. The van der Waals surface area contributed by atoms with Crippen LogP contribution in [0.1, 0.15) is 6.92 Å². The van der Waals surface area contributed by atoms with Gasteiger partial charge in [0.05, 0.1) is 0 Å². The third-order valence-electron chi connectivity index (χ3n) is 5.40. The Morgan fingerprint density at radius 3 is 2.40 bits per heavy atom. The number of carbonyl (C=O) groups is 1. The number of fused-ring (bicyclic) bond motifs is 1. The average Bonchev–Trinajstić information content (AvgIpc) is 2.79. The standard InChI is InChI=1S/C23H22O12/c1-9(24)32-8-18-20(29)21(30)22(31)23(35-18)34-17-6-11(25)5-16-19(17)14(28)7-15(33-16)10-2-3-12(26)13(27)4-10/h2-7,18,20-23,25-27,29-31H,8H2,1H3/t18-,20-,21+,22-,23-/m1/s1. The smallest absolute Gasteiger partial charge is 0.302 e. The minimum atomic E-state index is -1.76. The van der Waals surface area contributed by atoms with E-state index in [1.54, 1.807) is 0 Å². The molecule has 1 fully saturated rings. The Labute approximate surface area is 196 Å². The number of hydrogen-bond acceptors (Lipinski definition) is 12. The van der Waals surface area contributed by atoms with Gasteiger partial charge in [0.25, 0.3) is 0 Å². The quantitative estimate of drug-likeness (QED) is 0.212. The van der Waals surface area contributed by atoms with Crippen molar-refractivity contribution in [3.63, 3.8) is 0 Å². The van der Waals surface area contributed by atoms with Crippen LogP contribution in [-0.2, 0) is 14.3 Å². The van der Waals surface area contributed by atoms with E-state index in [1.807, 2.05) is 0 Å². The molecule has 1 aliphatic rings. The third-order valence-corrected chi connectivity index (χ3v) is 5.40. The monoisotopic (exact) mass is 490 g/mol. The molecule has 1 saturated heterocycles. The van der Waals surface area contributed by atoms with Gasteiger partial charge in [-0.25, -0.2) is 0 Å². The maximum Gasteiger partial charge on any atom is 0.302 e. The summed E-state index contributed by atoms with van der Waals surface area (Å²) in [4.78, 5) is 24.1. The maximum atomic E-state index is 13.0. The highest BCUT2D eigenvalue weighted by molar-refractivity contribution is 5.86. The van der Waals surface area contributed by atoms with Gasteiger partial charge in [0.1, 0.15) is 59.3 Å². The van der Waals surface area contributed by atoms with Crippen molar-refractivity contribution >= 4 is 16.9 Å². The lowest BCUT2D eigenvalue weighted by molar-refractivity contribution is -0.278. The second kappa shape index (κ2) is 9.43. The van der Waals surface area contributed by atoms with E-state index in [0.717, 1.165) is 25.1 Å². The molecule has 35 heavy (non-hydrogen) atoms. The van der Waals surface area contributed by atoms with E-state index in [1.165, 1.54) is 18.2 Å². The lowest BCUT2D eigenvalue weighted by atomic mass is 9.99. The second-order valence-corrected chi connectivity index (χ2v) is 7.93. The molecule has 2 heterocycles. The molecule has 186 valence electrons. The van der Waals surface area contributed by atoms with E-state index in [-0.39, 0.29) is 39.5 Å². The van der Waals surface area contributed by atoms with Crippen molar-refractivity contribution in [2.45, 2.75) is 37.6 Å². The van der Waals surface area contributed by atoms with Crippen molar-refractivity contribution in [3.05, 3.63) is 46.6 Å². The first kappa shape index (κ1) is 24.3. The van der Waals surface area contributed by atoms with Crippen LogP contribution >= 0.6 is 0 Å². The molecule has 3 aromatic rings. The van der Waals surface area contributed by atoms with E-state index in [0.29, 0.717) is 0 Å². The van der Waals surface area contributed by atoms with Crippen molar-refractivity contribution in [1.29, 1.82) is 0 Å². The number of benzene rings is 2. The largest absolute Gasteiger partial charge is 0.508 e. The fraction of sp³-hybridized carbons (Fsp3) is 0.304. The summed E-state index contributed by atoms with van der Waals surface area (Å²) in [6, 6.07) is 7.11. The molecule has 6 N–H and O–H groups in total. The van der Waals surface area contributed by atoms with Crippen molar-refractivity contribution in [2.24, 2.45) is 0 Å². The number of aliphatic hydroxyl groups excluding tert-OH is 3. The highest BCUT2D eigenvalue weighted by Crippen LogP contribution is 2.35. The lowest BCUT2D eigenvalue weighted by Gasteiger charge is -2.39. The zero-order chi connectivity index (χ0) is 25.4. The van der Waals surface area contributed by atoms with Gasteiger partial charge in [0.15, 0.2) is 16.9 Å². The molecule has 0 saturated carbocycles. The van der Waals surface area contributed by atoms with Crippen LogP contribution in [-0.4, -0.2) is 73.9 Å². The molecule has 0 aliphatic carbocycles. The summed E-state index contributed by atoms with van der Waals surface area (Å²) >= 11 is 0. The third kappa shape index (κ3) is 4.86. The SMILES string of the molecule is CC(=O)OC[C@H]1O[C@@H](Oc2cc(O)cc3oc(-c4ccc(O)c(O)c4)cc(=O)c23)[C@H](O)[C@@H](O)[C@@H]1O. The molecular formula is C23H22O12. The van der Waals surface area contributed by atoms with E-state index < -0.39 is 54.5 Å². The number of phenolic OH excluding ortho intramolecular Hbond substituents is 3.